The molecule has 25 heavy (non-hydrogen) atoms. The van der Waals surface area contributed by atoms with Gasteiger partial charge >= 0.3 is 11.9 Å². The fourth-order valence-corrected chi connectivity index (χ4v) is 2.67. The summed E-state index contributed by atoms with van der Waals surface area (Å²) in [6.07, 6.45) is 1.85. The smallest absolute Gasteiger partial charge is 0.338 e. The van der Waals surface area contributed by atoms with Crippen LogP contribution in [0.3, 0.4) is 0 Å². The van der Waals surface area contributed by atoms with Gasteiger partial charge in [0, 0.05) is 5.92 Å². The predicted octanol–water partition coefficient (Wildman–Crippen LogP) is 2.62. The maximum Gasteiger partial charge on any atom is 0.338 e. The first-order valence-electron chi connectivity index (χ1n) is 8.00. The molecule has 0 amide bonds. The molecule has 0 bridgehead atoms. The van der Waals surface area contributed by atoms with E-state index in [1.54, 1.807) is 72.8 Å². The van der Waals surface area contributed by atoms with Crippen LogP contribution in [0.25, 0.3) is 0 Å². The molecule has 0 spiro atoms. The number of rotatable bonds is 5. The number of ether oxygens (including phenoxy) is 2. The highest BCUT2D eigenvalue weighted by atomic mass is 16.6. The number of aliphatic hydroxyl groups is 1. The van der Waals surface area contributed by atoms with Crippen molar-refractivity contribution in [3.63, 3.8) is 0 Å². The minimum atomic E-state index is -0.759. The van der Waals surface area contributed by atoms with Crippen LogP contribution in [-0.2, 0) is 9.47 Å². The van der Waals surface area contributed by atoms with Gasteiger partial charge in [0.2, 0.25) is 0 Å². The maximum absolute atomic E-state index is 12.3. The second-order valence-electron chi connectivity index (χ2n) is 5.70. The van der Waals surface area contributed by atoms with Crippen LogP contribution in [0, 0.1) is 5.92 Å². The zero-order chi connectivity index (χ0) is 17.6. The van der Waals surface area contributed by atoms with Crippen molar-refractivity contribution >= 4 is 11.9 Å². The van der Waals surface area contributed by atoms with Crippen molar-refractivity contribution in [2.45, 2.75) is 12.2 Å². The SMILES string of the molecule is O=C(OC1[C@@H](CO)C=C[C@H]1OC(=O)c1ccccc1)c1ccccc1. The molecule has 5 heteroatoms. The van der Waals surface area contributed by atoms with E-state index >= 15 is 0 Å². The van der Waals surface area contributed by atoms with Crippen molar-refractivity contribution in [2.24, 2.45) is 5.92 Å². The molecule has 0 radical (unpaired) electrons. The Morgan fingerprint density at radius 2 is 1.32 bits per heavy atom. The van der Waals surface area contributed by atoms with Crippen LogP contribution < -0.4 is 0 Å². The molecule has 0 heterocycles. The van der Waals surface area contributed by atoms with Crippen molar-refractivity contribution in [2.75, 3.05) is 6.61 Å². The molecule has 128 valence electrons. The lowest BCUT2D eigenvalue weighted by Gasteiger charge is -2.24. The van der Waals surface area contributed by atoms with E-state index in [9.17, 15) is 14.7 Å². The Morgan fingerprint density at radius 3 is 1.84 bits per heavy atom. The fraction of sp³-hybridized carbons (Fsp3) is 0.200. The van der Waals surface area contributed by atoms with E-state index in [0.717, 1.165) is 0 Å². The largest absolute Gasteiger partial charge is 0.454 e. The van der Waals surface area contributed by atoms with E-state index in [4.69, 9.17) is 9.47 Å². The molecule has 3 rings (SSSR count). The number of benzene rings is 2. The Kier molecular flexibility index (Phi) is 5.26. The summed E-state index contributed by atoms with van der Waals surface area (Å²) in [7, 11) is 0. The van der Waals surface area contributed by atoms with Crippen LogP contribution in [0.1, 0.15) is 20.7 Å². The van der Waals surface area contributed by atoms with Gasteiger partial charge < -0.3 is 14.6 Å². The van der Waals surface area contributed by atoms with Crippen molar-refractivity contribution < 1.29 is 24.2 Å². The normalized spacial score (nSPS) is 21.7. The average Bonchev–Trinajstić information content (AvgIpc) is 3.04. The number of carbonyl (C=O) groups is 2. The van der Waals surface area contributed by atoms with Crippen LogP contribution in [0.2, 0.25) is 0 Å². The molecule has 0 saturated heterocycles. The lowest BCUT2D eigenvalue weighted by atomic mass is 10.1. The van der Waals surface area contributed by atoms with Crippen LogP contribution in [-0.4, -0.2) is 35.9 Å². The molecule has 1 unspecified atom stereocenters. The number of aliphatic hydroxyl groups excluding tert-OH is 1. The van der Waals surface area contributed by atoms with Gasteiger partial charge in [0.15, 0.2) is 12.2 Å². The van der Waals surface area contributed by atoms with Crippen molar-refractivity contribution in [1.29, 1.82) is 0 Å². The van der Waals surface area contributed by atoms with E-state index < -0.39 is 30.1 Å². The summed E-state index contributed by atoms with van der Waals surface area (Å²) in [6.45, 7) is -0.206. The number of hydrogen-bond acceptors (Lipinski definition) is 5. The molecule has 2 aromatic carbocycles. The van der Waals surface area contributed by atoms with Gasteiger partial charge in [-0.1, -0.05) is 42.5 Å². The van der Waals surface area contributed by atoms with Crippen LogP contribution >= 0.6 is 0 Å². The topological polar surface area (TPSA) is 72.8 Å². The molecule has 0 saturated carbocycles. The van der Waals surface area contributed by atoms with Gasteiger partial charge in [-0.25, -0.2) is 9.59 Å². The Morgan fingerprint density at radius 1 is 0.800 bits per heavy atom. The molecule has 1 N–H and O–H groups in total. The molecule has 5 nitrogen and oxygen atoms in total. The maximum atomic E-state index is 12.3. The molecule has 2 aromatic rings. The third-order valence-corrected chi connectivity index (χ3v) is 4.01. The molecule has 0 aliphatic heterocycles. The first-order valence-corrected chi connectivity index (χ1v) is 8.00. The van der Waals surface area contributed by atoms with E-state index in [0.29, 0.717) is 11.1 Å². The predicted molar refractivity (Wildman–Crippen MR) is 91.0 cm³/mol. The third-order valence-electron chi connectivity index (χ3n) is 4.01. The highest BCUT2D eigenvalue weighted by Gasteiger charge is 2.37. The summed E-state index contributed by atoms with van der Waals surface area (Å²) in [5.41, 5.74) is 0.815. The zero-order valence-corrected chi connectivity index (χ0v) is 13.4. The number of esters is 2. The second kappa shape index (κ2) is 7.77. The van der Waals surface area contributed by atoms with Crippen molar-refractivity contribution in [3.8, 4) is 0 Å². The van der Waals surface area contributed by atoms with E-state index in [1.165, 1.54) is 0 Å². The lowest BCUT2D eigenvalue weighted by molar-refractivity contribution is -0.0340. The molecule has 0 fully saturated rings. The minimum absolute atomic E-state index is 0.206. The third kappa shape index (κ3) is 3.95. The first-order chi connectivity index (χ1) is 12.2. The molecular formula is C20H18O5. The van der Waals surface area contributed by atoms with E-state index in [1.807, 2.05) is 0 Å². The Balaban J connectivity index is 1.71. The Hall–Kier alpha value is -2.92. The average molecular weight is 338 g/mol. The van der Waals surface area contributed by atoms with Gasteiger partial charge in [0.1, 0.15) is 0 Å². The highest BCUT2D eigenvalue weighted by molar-refractivity contribution is 5.90. The van der Waals surface area contributed by atoms with Gasteiger partial charge in [0.25, 0.3) is 0 Å². The molecule has 1 aliphatic carbocycles. The summed E-state index contributed by atoms with van der Waals surface area (Å²) >= 11 is 0. The van der Waals surface area contributed by atoms with E-state index in [2.05, 4.69) is 0 Å². The van der Waals surface area contributed by atoms with Crippen LogP contribution in [0.4, 0.5) is 0 Å². The van der Waals surface area contributed by atoms with Gasteiger partial charge in [-0.15, -0.1) is 0 Å². The summed E-state index contributed by atoms with van der Waals surface area (Å²) in [5, 5.41) is 9.51. The summed E-state index contributed by atoms with van der Waals surface area (Å²) in [6, 6.07) is 17.1. The van der Waals surface area contributed by atoms with Gasteiger partial charge in [-0.3, -0.25) is 0 Å². The van der Waals surface area contributed by atoms with Gasteiger partial charge in [-0.05, 0) is 30.3 Å². The fourth-order valence-electron chi connectivity index (χ4n) is 2.67. The van der Waals surface area contributed by atoms with Gasteiger partial charge in [0.05, 0.1) is 17.7 Å². The van der Waals surface area contributed by atoms with Crippen LogP contribution in [0.15, 0.2) is 72.8 Å². The Bertz CT molecular complexity index is 754. The molecule has 1 aliphatic rings. The number of hydrogen-bond donors (Lipinski definition) is 1. The highest BCUT2D eigenvalue weighted by Crippen LogP contribution is 2.26. The first kappa shape index (κ1) is 16.9. The second-order valence-corrected chi connectivity index (χ2v) is 5.70. The van der Waals surface area contributed by atoms with Crippen molar-refractivity contribution in [1.82, 2.24) is 0 Å². The monoisotopic (exact) mass is 338 g/mol. The Labute approximate surface area is 145 Å². The van der Waals surface area contributed by atoms with Crippen LogP contribution in [0.5, 0.6) is 0 Å². The quantitative estimate of drug-likeness (QED) is 0.670. The van der Waals surface area contributed by atoms with E-state index in [-0.39, 0.29) is 6.61 Å². The summed E-state index contributed by atoms with van der Waals surface area (Å²) < 4.78 is 11.0. The molecular weight excluding hydrogens is 320 g/mol. The zero-order valence-electron chi connectivity index (χ0n) is 13.4. The van der Waals surface area contributed by atoms with Crippen molar-refractivity contribution in [3.05, 3.63) is 83.9 Å². The molecule has 3 atom stereocenters. The standard InChI is InChI=1S/C20H18O5/c21-13-16-11-12-17(24-19(22)14-7-3-1-4-8-14)18(16)25-20(23)15-9-5-2-6-10-15/h1-12,16-18,21H,13H2/t16-,17-,18?/m1/s1. The lowest BCUT2D eigenvalue weighted by Crippen LogP contribution is -2.36. The number of carbonyl (C=O) groups excluding carboxylic acids is 2. The summed E-state index contributed by atoms with van der Waals surface area (Å²) in [4.78, 5) is 24.5. The molecule has 0 aromatic heterocycles. The minimum Gasteiger partial charge on any atom is -0.454 e. The summed E-state index contributed by atoms with van der Waals surface area (Å²) in [5.74, 6) is -1.44. The van der Waals surface area contributed by atoms with Gasteiger partial charge in [-0.2, -0.15) is 0 Å².